The fourth-order valence-corrected chi connectivity index (χ4v) is 1.42. The number of benzene rings is 1. The molecule has 0 spiro atoms. The van der Waals surface area contributed by atoms with Gasteiger partial charge in [0.25, 0.3) is 0 Å². The molecule has 1 heterocycles. The number of rotatable bonds is 2. The molecule has 0 aliphatic heterocycles. The van der Waals surface area contributed by atoms with Crippen LogP contribution in [-0.2, 0) is 0 Å². The monoisotopic (exact) mass is 223 g/mol. The average molecular weight is 224 g/mol. The van der Waals surface area contributed by atoms with E-state index in [1.165, 1.54) is 29.5 Å². The first kappa shape index (κ1) is 9.67. The van der Waals surface area contributed by atoms with Crippen LogP contribution in [0.5, 0.6) is 0 Å². The number of nitrogens with zero attached hydrogens (tertiary/aromatic N) is 3. The standard InChI is InChI=1S/C9H6ClN3O2/c10-8-3-6(13-5-11-4-12-13)1-2-7(8)9(14)15/h1-5H,(H,14,15). The van der Waals surface area contributed by atoms with Crippen LogP contribution < -0.4 is 0 Å². The van der Waals surface area contributed by atoms with Crippen molar-refractivity contribution in [3.8, 4) is 5.69 Å². The van der Waals surface area contributed by atoms with Gasteiger partial charge in [0.15, 0.2) is 0 Å². The van der Waals surface area contributed by atoms with Crippen LogP contribution in [0, 0.1) is 0 Å². The van der Waals surface area contributed by atoms with Crippen LogP contribution in [0.2, 0.25) is 5.02 Å². The minimum absolute atomic E-state index is 0.0699. The molecule has 15 heavy (non-hydrogen) atoms. The molecule has 0 unspecified atom stereocenters. The van der Waals surface area contributed by atoms with Crippen molar-refractivity contribution in [1.82, 2.24) is 14.8 Å². The Morgan fingerprint density at radius 2 is 2.27 bits per heavy atom. The zero-order valence-electron chi connectivity index (χ0n) is 7.46. The van der Waals surface area contributed by atoms with E-state index >= 15 is 0 Å². The predicted octanol–water partition coefficient (Wildman–Crippen LogP) is 1.62. The van der Waals surface area contributed by atoms with Gasteiger partial charge in [-0.25, -0.2) is 14.5 Å². The van der Waals surface area contributed by atoms with Crippen LogP contribution in [0.15, 0.2) is 30.9 Å². The van der Waals surface area contributed by atoms with Gasteiger partial charge in [0.05, 0.1) is 16.3 Å². The van der Waals surface area contributed by atoms with Crippen molar-refractivity contribution in [2.45, 2.75) is 0 Å². The summed E-state index contributed by atoms with van der Waals surface area (Å²) in [4.78, 5) is 14.5. The molecule has 0 aliphatic carbocycles. The highest BCUT2D eigenvalue weighted by molar-refractivity contribution is 6.33. The summed E-state index contributed by atoms with van der Waals surface area (Å²) in [5.74, 6) is -1.05. The number of carboxylic acid groups (broad SMARTS) is 1. The molecular formula is C9H6ClN3O2. The van der Waals surface area contributed by atoms with Crippen molar-refractivity contribution in [2.75, 3.05) is 0 Å². The lowest BCUT2D eigenvalue weighted by Gasteiger charge is -2.03. The average Bonchev–Trinajstić information content (AvgIpc) is 2.69. The lowest BCUT2D eigenvalue weighted by molar-refractivity contribution is 0.0697. The zero-order valence-corrected chi connectivity index (χ0v) is 8.22. The molecule has 2 rings (SSSR count). The Kier molecular flexibility index (Phi) is 2.39. The van der Waals surface area contributed by atoms with Gasteiger partial charge in [-0.05, 0) is 18.2 Å². The predicted molar refractivity (Wildman–Crippen MR) is 53.3 cm³/mol. The highest BCUT2D eigenvalue weighted by Gasteiger charge is 2.09. The van der Waals surface area contributed by atoms with Crippen molar-refractivity contribution in [3.05, 3.63) is 41.4 Å². The summed E-state index contributed by atoms with van der Waals surface area (Å²) < 4.78 is 1.50. The first-order valence-electron chi connectivity index (χ1n) is 4.06. The van der Waals surface area contributed by atoms with Crippen LogP contribution in [-0.4, -0.2) is 25.8 Å². The van der Waals surface area contributed by atoms with Gasteiger partial charge in [-0.15, -0.1) is 0 Å². The third kappa shape index (κ3) is 1.82. The second kappa shape index (κ2) is 3.70. The third-order valence-corrected chi connectivity index (χ3v) is 2.18. The summed E-state index contributed by atoms with van der Waals surface area (Å²) in [7, 11) is 0. The Morgan fingerprint density at radius 3 is 2.80 bits per heavy atom. The molecule has 0 radical (unpaired) electrons. The third-order valence-electron chi connectivity index (χ3n) is 1.87. The molecular weight excluding hydrogens is 218 g/mol. The molecule has 0 fully saturated rings. The fourth-order valence-electron chi connectivity index (χ4n) is 1.16. The molecule has 76 valence electrons. The van der Waals surface area contributed by atoms with E-state index in [1.807, 2.05) is 0 Å². The van der Waals surface area contributed by atoms with E-state index in [0.717, 1.165) is 0 Å². The minimum Gasteiger partial charge on any atom is -0.478 e. The van der Waals surface area contributed by atoms with Crippen molar-refractivity contribution in [3.63, 3.8) is 0 Å². The maximum atomic E-state index is 10.7. The lowest BCUT2D eigenvalue weighted by atomic mass is 10.2. The Bertz CT molecular complexity index is 496. The van der Waals surface area contributed by atoms with Crippen LogP contribution in [0.4, 0.5) is 0 Å². The molecule has 0 atom stereocenters. The van der Waals surface area contributed by atoms with Gasteiger partial charge in [-0.1, -0.05) is 11.6 Å². The van der Waals surface area contributed by atoms with E-state index in [2.05, 4.69) is 10.1 Å². The van der Waals surface area contributed by atoms with Crippen LogP contribution in [0.3, 0.4) is 0 Å². The minimum atomic E-state index is -1.05. The normalized spacial score (nSPS) is 10.2. The largest absolute Gasteiger partial charge is 0.478 e. The Hall–Kier alpha value is -1.88. The van der Waals surface area contributed by atoms with E-state index in [-0.39, 0.29) is 10.6 Å². The Morgan fingerprint density at radius 1 is 1.47 bits per heavy atom. The number of hydrogen-bond acceptors (Lipinski definition) is 3. The molecule has 0 aliphatic rings. The summed E-state index contributed by atoms with van der Waals surface area (Å²) in [5.41, 5.74) is 0.739. The van der Waals surface area contributed by atoms with Gasteiger partial charge in [0, 0.05) is 0 Å². The van der Waals surface area contributed by atoms with Gasteiger partial charge in [0.2, 0.25) is 0 Å². The molecule has 6 heteroatoms. The summed E-state index contributed by atoms with van der Waals surface area (Å²) in [5, 5.41) is 12.8. The van der Waals surface area contributed by atoms with E-state index in [9.17, 15) is 4.79 Å². The summed E-state index contributed by atoms with van der Waals surface area (Å²) in [6.07, 6.45) is 2.89. The fraction of sp³-hybridized carbons (Fsp3) is 0. The maximum Gasteiger partial charge on any atom is 0.337 e. The van der Waals surface area contributed by atoms with Gasteiger partial charge in [-0.2, -0.15) is 5.10 Å². The first-order chi connectivity index (χ1) is 7.18. The smallest absolute Gasteiger partial charge is 0.337 e. The number of carboxylic acids is 1. The van der Waals surface area contributed by atoms with Crippen molar-refractivity contribution >= 4 is 17.6 Å². The molecule has 0 saturated carbocycles. The molecule has 0 saturated heterocycles. The van der Waals surface area contributed by atoms with E-state index in [4.69, 9.17) is 16.7 Å². The number of aromatic nitrogens is 3. The number of carbonyl (C=O) groups is 1. The summed E-state index contributed by atoms with van der Waals surface area (Å²) >= 11 is 5.80. The second-order valence-electron chi connectivity index (χ2n) is 2.81. The molecule has 5 nitrogen and oxygen atoms in total. The first-order valence-corrected chi connectivity index (χ1v) is 4.44. The number of aromatic carboxylic acids is 1. The Labute approximate surface area is 89.9 Å². The van der Waals surface area contributed by atoms with Gasteiger partial charge < -0.3 is 5.11 Å². The number of hydrogen-bond donors (Lipinski definition) is 1. The molecule has 0 bridgehead atoms. The van der Waals surface area contributed by atoms with E-state index in [1.54, 1.807) is 6.07 Å². The van der Waals surface area contributed by atoms with Crippen LogP contribution in [0.25, 0.3) is 5.69 Å². The highest BCUT2D eigenvalue weighted by Crippen LogP contribution is 2.19. The van der Waals surface area contributed by atoms with Gasteiger partial charge in [0.1, 0.15) is 12.7 Å². The van der Waals surface area contributed by atoms with Gasteiger partial charge in [-0.3, -0.25) is 0 Å². The second-order valence-corrected chi connectivity index (χ2v) is 3.22. The maximum absolute atomic E-state index is 10.7. The van der Waals surface area contributed by atoms with E-state index in [0.29, 0.717) is 5.69 Å². The summed E-state index contributed by atoms with van der Waals surface area (Å²) in [6, 6.07) is 4.57. The van der Waals surface area contributed by atoms with Crippen LogP contribution in [0.1, 0.15) is 10.4 Å². The quantitative estimate of drug-likeness (QED) is 0.840. The van der Waals surface area contributed by atoms with Crippen molar-refractivity contribution < 1.29 is 9.90 Å². The van der Waals surface area contributed by atoms with Gasteiger partial charge >= 0.3 is 5.97 Å². The van der Waals surface area contributed by atoms with Crippen molar-refractivity contribution in [1.29, 1.82) is 0 Å². The molecule has 1 N–H and O–H groups in total. The van der Waals surface area contributed by atoms with Crippen molar-refractivity contribution in [2.24, 2.45) is 0 Å². The van der Waals surface area contributed by atoms with Crippen LogP contribution >= 0.6 is 11.6 Å². The highest BCUT2D eigenvalue weighted by atomic mass is 35.5. The SMILES string of the molecule is O=C(O)c1ccc(-n2cncn2)cc1Cl. The molecule has 2 aromatic rings. The lowest BCUT2D eigenvalue weighted by Crippen LogP contribution is -2.00. The number of halogens is 1. The Balaban J connectivity index is 2.47. The topological polar surface area (TPSA) is 68.0 Å². The zero-order chi connectivity index (χ0) is 10.8. The molecule has 1 aromatic heterocycles. The van der Waals surface area contributed by atoms with E-state index < -0.39 is 5.97 Å². The molecule has 1 aromatic carbocycles. The molecule has 0 amide bonds. The summed E-state index contributed by atoms with van der Waals surface area (Å²) in [6.45, 7) is 0.